The van der Waals surface area contributed by atoms with Gasteiger partial charge in [0.2, 0.25) is 0 Å². The van der Waals surface area contributed by atoms with Crippen molar-refractivity contribution < 1.29 is 15.0 Å². The first kappa shape index (κ1) is 11.6. The molecule has 0 unspecified atom stereocenters. The third-order valence-corrected chi connectivity index (χ3v) is 2.66. The maximum absolute atomic E-state index is 11.5. The summed E-state index contributed by atoms with van der Waals surface area (Å²) in [6.07, 6.45) is 0.929. The molecule has 2 aromatic rings. The van der Waals surface area contributed by atoms with Crippen molar-refractivity contribution in [3.63, 3.8) is 0 Å². The number of H-pyrrole nitrogens is 1. The van der Waals surface area contributed by atoms with Crippen LogP contribution >= 0.6 is 15.9 Å². The highest BCUT2D eigenvalue weighted by Gasteiger charge is 2.15. The number of nitrogens with one attached hydrogen (secondary N) is 1. The molecule has 0 spiro atoms. The minimum atomic E-state index is -1.19. The zero-order valence-electron chi connectivity index (χ0n) is 8.40. The summed E-state index contributed by atoms with van der Waals surface area (Å²) in [4.78, 5) is 28.5. The van der Waals surface area contributed by atoms with Gasteiger partial charge in [-0.3, -0.25) is 9.59 Å². The Bertz CT molecular complexity index is 665. The number of carbonyl (C=O) groups is 1. The fourth-order valence-electron chi connectivity index (χ4n) is 1.49. The number of halogens is 1. The first-order valence-electron chi connectivity index (χ1n) is 4.60. The van der Waals surface area contributed by atoms with E-state index >= 15 is 0 Å². The molecule has 6 nitrogen and oxygen atoms in total. The number of aliphatic carboxylic acids is 1. The molecular weight excluding hydrogens is 292 g/mol. The van der Waals surface area contributed by atoms with Crippen LogP contribution in [0.3, 0.4) is 0 Å². The minimum Gasteiger partial charge on any atom is -0.507 e. The maximum Gasteiger partial charge on any atom is 0.308 e. The third-order valence-electron chi connectivity index (χ3n) is 2.23. The number of hydrogen-bond donors (Lipinski definition) is 3. The second kappa shape index (κ2) is 4.17. The van der Waals surface area contributed by atoms with Crippen molar-refractivity contribution in [2.24, 2.45) is 0 Å². The van der Waals surface area contributed by atoms with Crippen LogP contribution in [0.2, 0.25) is 0 Å². The summed E-state index contributed by atoms with van der Waals surface area (Å²) in [6.45, 7) is 0. The van der Waals surface area contributed by atoms with Crippen LogP contribution in [0.4, 0.5) is 0 Å². The smallest absolute Gasteiger partial charge is 0.308 e. The van der Waals surface area contributed by atoms with E-state index in [1.54, 1.807) is 6.07 Å². The Balaban J connectivity index is 2.77. The second-order valence-corrected chi connectivity index (χ2v) is 4.32. The fourth-order valence-corrected chi connectivity index (χ4v) is 1.82. The van der Waals surface area contributed by atoms with Crippen molar-refractivity contribution >= 4 is 32.9 Å². The molecule has 88 valence electrons. The molecule has 0 aliphatic carbocycles. The average Bonchev–Trinajstić information content (AvgIpc) is 2.25. The van der Waals surface area contributed by atoms with Crippen molar-refractivity contribution in [1.82, 2.24) is 9.97 Å². The SMILES string of the molecule is O=C(O)Cc1c(O)c2cc(Br)cnc2[nH]c1=O. The summed E-state index contributed by atoms with van der Waals surface area (Å²) in [7, 11) is 0. The van der Waals surface area contributed by atoms with E-state index in [1.165, 1.54) is 6.20 Å². The van der Waals surface area contributed by atoms with E-state index < -0.39 is 17.9 Å². The van der Waals surface area contributed by atoms with Gasteiger partial charge in [0, 0.05) is 10.7 Å². The van der Waals surface area contributed by atoms with Gasteiger partial charge in [-0.2, -0.15) is 0 Å². The van der Waals surface area contributed by atoms with Gasteiger partial charge >= 0.3 is 5.97 Å². The van der Waals surface area contributed by atoms with Crippen molar-refractivity contribution in [1.29, 1.82) is 0 Å². The molecule has 0 saturated carbocycles. The third kappa shape index (κ3) is 2.14. The number of aromatic hydroxyl groups is 1. The van der Waals surface area contributed by atoms with Gasteiger partial charge < -0.3 is 15.2 Å². The molecule has 0 amide bonds. The largest absolute Gasteiger partial charge is 0.507 e. The zero-order valence-corrected chi connectivity index (χ0v) is 9.98. The molecule has 7 heteroatoms. The Kier molecular flexibility index (Phi) is 2.84. The van der Waals surface area contributed by atoms with Gasteiger partial charge in [0.1, 0.15) is 11.4 Å². The van der Waals surface area contributed by atoms with Gasteiger partial charge in [-0.25, -0.2) is 4.98 Å². The highest BCUT2D eigenvalue weighted by atomic mass is 79.9. The van der Waals surface area contributed by atoms with E-state index in [4.69, 9.17) is 5.11 Å². The fraction of sp³-hybridized carbons (Fsp3) is 0.100. The number of carboxylic acid groups (broad SMARTS) is 1. The average molecular weight is 299 g/mol. The number of aromatic amines is 1. The van der Waals surface area contributed by atoms with Gasteiger partial charge in [0.25, 0.3) is 5.56 Å². The number of aromatic nitrogens is 2. The van der Waals surface area contributed by atoms with Crippen LogP contribution < -0.4 is 5.56 Å². The summed E-state index contributed by atoms with van der Waals surface area (Å²) < 4.78 is 0.619. The lowest BCUT2D eigenvalue weighted by molar-refractivity contribution is -0.136. The Morgan fingerprint density at radius 1 is 1.53 bits per heavy atom. The molecule has 0 aliphatic rings. The van der Waals surface area contributed by atoms with Crippen molar-refractivity contribution in [3.8, 4) is 5.75 Å². The minimum absolute atomic E-state index is 0.176. The standard InChI is InChI=1S/C10H7BrN2O4/c11-4-1-5-8(16)6(2-7(14)15)10(17)13-9(5)12-3-4/h1,3H,2H2,(H,14,15)(H2,12,13,16,17). The molecule has 0 radical (unpaired) electrons. The van der Waals surface area contributed by atoms with Gasteiger partial charge in [-0.15, -0.1) is 0 Å². The van der Waals surface area contributed by atoms with Gasteiger partial charge in [0.15, 0.2) is 0 Å². The topological polar surface area (TPSA) is 103 Å². The molecule has 2 heterocycles. The van der Waals surface area contributed by atoms with Crippen LogP contribution in [0.5, 0.6) is 5.75 Å². The van der Waals surface area contributed by atoms with Crippen LogP contribution in [-0.4, -0.2) is 26.2 Å². The molecule has 0 atom stereocenters. The Hall–Kier alpha value is -1.89. The molecule has 3 N–H and O–H groups in total. The highest BCUT2D eigenvalue weighted by molar-refractivity contribution is 9.10. The van der Waals surface area contributed by atoms with E-state index in [1.807, 2.05) is 0 Å². The summed E-state index contributed by atoms with van der Waals surface area (Å²) >= 11 is 3.18. The molecule has 0 fully saturated rings. The normalized spacial score (nSPS) is 10.6. The van der Waals surface area contributed by atoms with Crippen molar-refractivity contribution in [2.45, 2.75) is 6.42 Å². The zero-order chi connectivity index (χ0) is 12.6. The van der Waals surface area contributed by atoms with Crippen LogP contribution in [0.25, 0.3) is 11.0 Å². The summed E-state index contributed by atoms with van der Waals surface area (Å²) in [5.74, 6) is -1.53. The van der Waals surface area contributed by atoms with Crippen LogP contribution in [0, 0.1) is 0 Å². The van der Waals surface area contributed by atoms with Crippen LogP contribution in [0.1, 0.15) is 5.56 Å². The monoisotopic (exact) mass is 298 g/mol. The molecule has 0 bridgehead atoms. The van der Waals surface area contributed by atoms with Gasteiger partial charge in [0.05, 0.1) is 17.4 Å². The van der Waals surface area contributed by atoms with Gasteiger partial charge in [-0.05, 0) is 22.0 Å². The maximum atomic E-state index is 11.5. The lowest BCUT2D eigenvalue weighted by Crippen LogP contribution is -2.16. The number of nitrogens with zero attached hydrogens (tertiary/aromatic N) is 1. The second-order valence-electron chi connectivity index (χ2n) is 3.40. The first-order valence-corrected chi connectivity index (χ1v) is 5.39. The summed E-state index contributed by atoms with van der Waals surface area (Å²) in [5.41, 5.74) is -0.609. The van der Waals surface area contributed by atoms with E-state index in [9.17, 15) is 14.7 Å². The van der Waals surface area contributed by atoms with E-state index in [2.05, 4.69) is 25.9 Å². The lowest BCUT2D eigenvalue weighted by Gasteiger charge is -2.05. The van der Waals surface area contributed by atoms with E-state index in [-0.39, 0.29) is 17.0 Å². The molecule has 0 aliphatic heterocycles. The van der Waals surface area contributed by atoms with E-state index in [0.717, 1.165) is 0 Å². The highest BCUT2D eigenvalue weighted by Crippen LogP contribution is 2.26. The number of rotatable bonds is 2. The van der Waals surface area contributed by atoms with E-state index in [0.29, 0.717) is 9.86 Å². The molecule has 17 heavy (non-hydrogen) atoms. The van der Waals surface area contributed by atoms with Gasteiger partial charge in [-0.1, -0.05) is 0 Å². The van der Waals surface area contributed by atoms with Crippen molar-refractivity contribution in [3.05, 3.63) is 32.7 Å². The number of hydrogen-bond acceptors (Lipinski definition) is 4. The van der Waals surface area contributed by atoms with Crippen LogP contribution in [0.15, 0.2) is 21.5 Å². The predicted octanol–water partition coefficient (Wildman–Crippen LogP) is 1.02. The summed E-state index contributed by atoms with van der Waals surface area (Å²) in [5, 5.41) is 18.8. The molecule has 0 aromatic carbocycles. The number of fused-ring (bicyclic) bond motifs is 1. The predicted molar refractivity (Wildman–Crippen MR) is 63.1 cm³/mol. The quantitative estimate of drug-likeness (QED) is 0.768. The molecule has 2 aromatic heterocycles. The number of carboxylic acids is 1. The molecule has 0 saturated heterocycles. The Labute approximate surface area is 103 Å². The summed E-state index contributed by atoms with van der Waals surface area (Å²) in [6, 6.07) is 1.55. The molecular formula is C10H7BrN2O4. The number of pyridine rings is 2. The first-order chi connectivity index (χ1) is 7.99. The Morgan fingerprint density at radius 2 is 2.24 bits per heavy atom. The van der Waals surface area contributed by atoms with Crippen molar-refractivity contribution in [2.75, 3.05) is 0 Å². The molecule has 2 rings (SSSR count). The Morgan fingerprint density at radius 3 is 2.88 bits per heavy atom. The lowest BCUT2D eigenvalue weighted by atomic mass is 10.1. The van der Waals surface area contributed by atoms with Crippen LogP contribution in [-0.2, 0) is 11.2 Å².